The van der Waals surface area contributed by atoms with Crippen LogP contribution in [0.3, 0.4) is 0 Å². The summed E-state index contributed by atoms with van der Waals surface area (Å²) in [6.45, 7) is 8.38. The first-order valence-electron chi connectivity index (χ1n) is 7.76. The molecule has 5 heteroatoms. The fourth-order valence-corrected chi connectivity index (χ4v) is 3.53. The Balaban J connectivity index is 1.87. The maximum atomic E-state index is 14.5. The lowest BCUT2D eigenvalue weighted by atomic mass is 9.93. The molecule has 0 spiro atoms. The largest absolute Gasteiger partial charge is 0.497 e. The summed E-state index contributed by atoms with van der Waals surface area (Å²) in [7, 11) is 1.56. The minimum atomic E-state index is -0.182. The number of methoxy groups -OCH3 is 1. The van der Waals surface area contributed by atoms with Crippen LogP contribution < -0.4 is 10.1 Å². The molecule has 2 unspecified atom stereocenters. The second-order valence-electron chi connectivity index (χ2n) is 5.83. The number of hydrogen-bond acceptors (Lipinski definition) is 4. The number of nitrogens with one attached hydrogen (secondary N) is 1. The highest BCUT2D eigenvalue weighted by atomic mass is 19.1. The molecule has 116 valence electrons. The first-order chi connectivity index (χ1) is 10.2. The van der Waals surface area contributed by atoms with Gasteiger partial charge in [-0.25, -0.2) is 4.39 Å². The number of nitrogens with zero attached hydrogens (tertiary/aromatic N) is 2. The fraction of sp³-hybridized carbons (Fsp3) is 0.625. The van der Waals surface area contributed by atoms with E-state index in [-0.39, 0.29) is 11.9 Å². The van der Waals surface area contributed by atoms with Crippen LogP contribution in [0.5, 0.6) is 5.75 Å². The Morgan fingerprint density at radius 1 is 1.33 bits per heavy atom. The third kappa shape index (κ3) is 2.91. The maximum absolute atomic E-state index is 14.5. The van der Waals surface area contributed by atoms with Gasteiger partial charge in [0, 0.05) is 50.4 Å². The van der Waals surface area contributed by atoms with Gasteiger partial charge in [-0.2, -0.15) is 0 Å². The normalized spacial score (nSPS) is 29.4. The molecule has 0 aliphatic carbocycles. The van der Waals surface area contributed by atoms with Crippen LogP contribution in [0.4, 0.5) is 4.39 Å². The molecule has 3 aliphatic rings. The van der Waals surface area contributed by atoms with Crippen molar-refractivity contribution >= 4 is 0 Å². The van der Waals surface area contributed by atoms with Crippen molar-refractivity contribution in [3.05, 3.63) is 29.6 Å². The molecule has 4 nitrogen and oxygen atoms in total. The molecule has 3 heterocycles. The molecule has 2 bridgehead atoms. The average Bonchev–Trinajstić information content (AvgIpc) is 2.54. The molecular formula is C16H24FN3O. The number of likely N-dealkylation sites (N-methyl/N-ethyl adjacent to an activating group) is 1. The number of piperazine rings is 3. The summed E-state index contributed by atoms with van der Waals surface area (Å²) in [5.41, 5.74) is 0.747. The Morgan fingerprint density at radius 2 is 2.10 bits per heavy atom. The Labute approximate surface area is 125 Å². The standard InChI is InChI=1S/C16H24FN3O/c1-3-18-16(13-5-4-12(21-2)10-14(13)17)15-11-19-6-8-20(15)9-7-19/h4-5,10,15-16,18H,3,6-9,11H2,1-2H3. The zero-order chi connectivity index (χ0) is 14.8. The van der Waals surface area contributed by atoms with Gasteiger partial charge in [0.2, 0.25) is 0 Å². The van der Waals surface area contributed by atoms with Crippen LogP contribution in [0.2, 0.25) is 0 Å². The van der Waals surface area contributed by atoms with Gasteiger partial charge in [-0.3, -0.25) is 9.80 Å². The van der Waals surface area contributed by atoms with Gasteiger partial charge in [-0.15, -0.1) is 0 Å². The summed E-state index contributed by atoms with van der Waals surface area (Å²) in [5, 5.41) is 3.48. The molecule has 3 fully saturated rings. The van der Waals surface area contributed by atoms with Crippen LogP contribution in [-0.2, 0) is 0 Å². The van der Waals surface area contributed by atoms with Crippen molar-refractivity contribution in [1.29, 1.82) is 0 Å². The van der Waals surface area contributed by atoms with Crippen LogP contribution >= 0.6 is 0 Å². The molecule has 2 atom stereocenters. The number of ether oxygens (including phenoxy) is 1. The van der Waals surface area contributed by atoms with E-state index in [2.05, 4.69) is 22.0 Å². The summed E-state index contributed by atoms with van der Waals surface area (Å²) >= 11 is 0. The molecule has 4 rings (SSSR count). The van der Waals surface area contributed by atoms with E-state index in [1.807, 2.05) is 12.1 Å². The first-order valence-corrected chi connectivity index (χ1v) is 7.76. The second kappa shape index (κ2) is 6.30. The quantitative estimate of drug-likeness (QED) is 0.890. The SMILES string of the molecule is CCNC(c1ccc(OC)cc1F)C1CN2CCN1CC2. The molecule has 0 aromatic heterocycles. The highest BCUT2D eigenvalue weighted by molar-refractivity contribution is 5.32. The van der Waals surface area contributed by atoms with Gasteiger partial charge in [0.25, 0.3) is 0 Å². The van der Waals surface area contributed by atoms with E-state index in [9.17, 15) is 4.39 Å². The number of hydrogen-bond donors (Lipinski definition) is 1. The second-order valence-corrected chi connectivity index (χ2v) is 5.83. The van der Waals surface area contributed by atoms with Gasteiger partial charge >= 0.3 is 0 Å². The summed E-state index contributed by atoms with van der Waals surface area (Å²) in [6, 6.07) is 5.56. The number of fused-ring (bicyclic) bond motifs is 3. The van der Waals surface area contributed by atoms with Gasteiger partial charge in [-0.1, -0.05) is 13.0 Å². The monoisotopic (exact) mass is 293 g/mol. The molecule has 0 amide bonds. The van der Waals surface area contributed by atoms with E-state index < -0.39 is 0 Å². The van der Waals surface area contributed by atoms with Crippen LogP contribution in [0, 0.1) is 5.82 Å². The molecule has 1 aromatic carbocycles. The van der Waals surface area contributed by atoms with Gasteiger partial charge in [0.05, 0.1) is 13.2 Å². The van der Waals surface area contributed by atoms with Crippen molar-refractivity contribution in [2.24, 2.45) is 0 Å². The predicted octanol–water partition coefficient (Wildman–Crippen LogP) is 1.48. The number of halogens is 1. The van der Waals surface area contributed by atoms with E-state index in [1.54, 1.807) is 7.11 Å². The van der Waals surface area contributed by atoms with E-state index in [0.717, 1.165) is 44.8 Å². The topological polar surface area (TPSA) is 27.7 Å². The Morgan fingerprint density at radius 3 is 2.62 bits per heavy atom. The van der Waals surface area contributed by atoms with Crippen molar-refractivity contribution in [2.75, 3.05) is 46.4 Å². The van der Waals surface area contributed by atoms with E-state index in [4.69, 9.17) is 4.74 Å². The van der Waals surface area contributed by atoms with Crippen LogP contribution in [-0.4, -0.2) is 62.2 Å². The Kier molecular flexibility index (Phi) is 4.42. The van der Waals surface area contributed by atoms with E-state index >= 15 is 0 Å². The number of rotatable bonds is 5. The third-order valence-corrected chi connectivity index (χ3v) is 4.67. The zero-order valence-corrected chi connectivity index (χ0v) is 12.8. The Hall–Kier alpha value is -1.17. The number of benzene rings is 1. The maximum Gasteiger partial charge on any atom is 0.131 e. The van der Waals surface area contributed by atoms with Crippen molar-refractivity contribution in [3.63, 3.8) is 0 Å². The van der Waals surface area contributed by atoms with Crippen LogP contribution in [0.15, 0.2) is 18.2 Å². The molecule has 1 N–H and O–H groups in total. The van der Waals surface area contributed by atoms with Gasteiger partial charge in [0.1, 0.15) is 11.6 Å². The minimum absolute atomic E-state index is 0.0315. The van der Waals surface area contributed by atoms with Gasteiger partial charge < -0.3 is 10.1 Å². The minimum Gasteiger partial charge on any atom is -0.497 e. The molecule has 3 saturated heterocycles. The molecular weight excluding hydrogens is 269 g/mol. The van der Waals surface area contributed by atoms with Crippen molar-refractivity contribution in [3.8, 4) is 5.75 Å². The van der Waals surface area contributed by atoms with Crippen LogP contribution in [0.25, 0.3) is 0 Å². The van der Waals surface area contributed by atoms with E-state index in [1.165, 1.54) is 6.07 Å². The summed E-state index contributed by atoms with van der Waals surface area (Å²) in [6.07, 6.45) is 0. The molecule has 21 heavy (non-hydrogen) atoms. The lowest BCUT2D eigenvalue weighted by Gasteiger charge is -2.50. The zero-order valence-electron chi connectivity index (χ0n) is 12.8. The molecule has 0 radical (unpaired) electrons. The van der Waals surface area contributed by atoms with Crippen molar-refractivity contribution < 1.29 is 9.13 Å². The van der Waals surface area contributed by atoms with Gasteiger partial charge in [0.15, 0.2) is 0 Å². The lowest BCUT2D eigenvalue weighted by Crippen LogP contribution is -2.64. The predicted molar refractivity (Wildman–Crippen MR) is 81.2 cm³/mol. The fourth-order valence-electron chi connectivity index (χ4n) is 3.53. The summed E-state index contributed by atoms with van der Waals surface area (Å²) in [5.74, 6) is 0.388. The van der Waals surface area contributed by atoms with Gasteiger partial charge in [-0.05, 0) is 12.6 Å². The molecule has 1 aromatic rings. The summed E-state index contributed by atoms with van der Waals surface area (Å²) < 4.78 is 19.6. The highest BCUT2D eigenvalue weighted by Gasteiger charge is 2.37. The lowest BCUT2D eigenvalue weighted by molar-refractivity contribution is -0.00393. The molecule has 0 saturated carbocycles. The summed E-state index contributed by atoms with van der Waals surface area (Å²) in [4.78, 5) is 4.98. The van der Waals surface area contributed by atoms with Crippen molar-refractivity contribution in [2.45, 2.75) is 19.0 Å². The first kappa shape index (κ1) is 14.8. The third-order valence-electron chi connectivity index (χ3n) is 4.67. The van der Waals surface area contributed by atoms with Crippen molar-refractivity contribution in [1.82, 2.24) is 15.1 Å². The Bertz CT molecular complexity index is 488. The van der Waals surface area contributed by atoms with E-state index in [0.29, 0.717) is 11.8 Å². The highest BCUT2D eigenvalue weighted by Crippen LogP contribution is 2.30. The molecule has 3 aliphatic heterocycles. The van der Waals surface area contributed by atoms with Crippen LogP contribution in [0.1, 0.15) is 18.5 Å². The smallest absolute Gasteiger partial charge is 0.131 e. The average molecular weight is 293 g/mol.